The van der Waals surface area contributed by atoms with Crippen molar-refractivity contribution in [2.45, 2.75) is 11.5 Å². The average molecular weight is 183 g/mol. The SMILES string of the molecule is COCc1cc(SC)ccc1N. The van der Waals surface area contributed by atoms with E-state index in [2.05, 4.69) is 6.07 Å². The van der Waals surface area contributed by atoms with Gasteiger partial charge >= 0.3 is 0 Å². The number of nitrogens with two attached hydrogens (primary N) is 1. The molecule has 12 heavy (non-hydrogen) atoms. The van der Waals surface area contributed by atoms with E-state index in [0.29, 0.717) is 6.61 Å². The molecule has 0 saturated heterocycles. The highest BCUT2D eigenvalue weighted by Crippen LogP contribution is 2.21. The van der Waals surface area contributed by atoms with Crippen molar-refractivity contribution in [3.05, 3.63) is 23.8 Å². The van der Waals surface area contributed by atoms with Gasteiger partial charge in [-0.1, -0.05) is 0 Å². The van der Waals surface area contributed by atoms with E-state index in [9.17, 15) is 0 Å². The monoisotopic (exact) mass is 183 g/mol. The predicted octanol–water partition coefficient (Wildman–Crippen LogP) is 2.14. The lowest BCUT2D eigenvalue weighted by Crippen LogP contribution is -1.95. The summed E-state index contributed by atoms with van der Waals surface area (Å²) in [5, 5.41) is 0. The van der Waals surface area contributed by atoms with Crippen molar-refractivity contribution in [1.29, 1.82) is 0 Å². The van der Waals surface area contributed by atoms with E-state index >= 15 is 0 Å². The van der Waals surface area contributed by atoms with Gasteiger partial charge in [0.05, 0.1) is 6.61 Å². The minimum atomic E-state index is 0.584. The number of hydrogen-bond donors (Lipinski definition) is 1. The predicted molar refractivity (Wildman–Crippen MR) is 53.3 cm³/mol. The molecule has 0 atom stereocenters. The summed E-state index contributed by atoms with van der Waals surface area (Å²) in [6.45, 7) is 0.584. The molecule has 0 bridgehead atoms. The summed E-state index contributed by atoms with van der Waals surface area (Å²) in [5.41, 5.74) is 7.60. The maximum absolute atomic E-state index is 5.74. The number of ether oxygens (including phenoxy) is 1. The normalized spacial score (nSPS) is 10.2. The van der Waals surface area contributed by atoms with E-state index in [1.54, 1.807) is 18.9 Å². The Morgan fingerprint density at radius 3 is 2.83 bits per heavy atom. The number of rotatable bonds is 3. The number of methoxy groups -OCH3 is 1. The van der Waals surface area contributed by atoms with E-state index in [1.807, 2.05) is 18.4 Å². The first kappa shape index (κ1) is 9.42. The first-order chi connectivity index (χ1) is 5.77. The Hall–Kier alpha value is -0.670. The van der Waals surface area contributed by atoms with E-state index in [-0.39, 0.29) is 0 Å². The van der Waals surface area contributed by atoms with Crippen LogP contribution < -0.4 is 5.73 Å². The quantitative estimate of drug-likeness (QED) is 0.576. The molecular formula is C9H13NOS. The van der Waals surface area contributed by atoms with Crippen molar-refractivity contribution in [2.75, 3.05) is 19.1 Å². The van der Waals surface area contributed by atoms with Crippen LogP contribution in [0.15, 0.2) is 23.1 Å². The first-order valence-electron chi connectivity index (χ1n) is 3.69. The second kappa shape index (κ2) is 4.38. The molecule has 0 spiro atoms. The minimum absolute atomic E-state index is 0.584. The summed E-state index contributed by atoms with van der Waals surface area (Å²) in [6, 6.07) is 5.99. The van der Waals surface area contributed by atoms with Gasteiger partial charge in [-0.05, 0) is 24.5 Å². The minimum Gasteiger partial charge on any atom is -0.398 e. The zero-order chi connectivity index (χ0) is 8.97. The van der Waals surface area contributed by atoms with Crippen molar-refractivity contribution in [1.82, 2.24) is 0 Å². The van der Waals surface area contributed by atoms with Gasteiger partial charge < -0.3 is 10.5 Å². The zero-order valence-corrected chi connectivity index (χ0v) is 8.15. The van der Waals surface area contributed by atoms with Crippen LogP contribution in [0.5, 0.6) is 0 Å². The summed E-state index contributed by atoms with van der Waals surface area (Å²) in [7, 11) is 1.67. The summed E-state index contributed by atoms with van der Waals surface area (Å²) in [5.74, 6) is 0. The summed E-state index contributed by atoms with van der Waals surface area (Å²) in [6.07, 6.45) is 2.04. The molecule has 0 aliphatic rings. The van der Waals surface area contributed by atoms with Crippen LogP contribution in [0.2, 0.25) is 0 Å². The van der Waals surface area contributed by atoms with Crippen molar-refractivity contribution >= 4 is 17.4 Å². The van der Waals surface area contributed by atoms with Crippen molar-refractivity contribution in [3.63, 3.8) is 0 Å². The largest absolute Gasteiger partial charge is 0.398 e. The number of hydrogen-bond acceptors (Lipinski definition) is 3. The van der Waals surface area contributed by atoms with Crippen LogP contribution in [0.25, 0.3) is 0 Å². The van der Waals surface area contributed by atoms with Gasteiger partial charge in [0, 0.05) is 23.3 Å². The molecule has 0 amide bonds. The molecular weight excluding hydrogens is 170 g/mol. The molecule has 2 nitrogen and oxygen atoms in total. The van der Waals surface area contributed by atoms with Crippen LogP contribution >= 0.6 is 11.8 Å². The molecule has 1 aromatic rings. The first-order valence-corrected chi connectivity index (χ1v) is 4.91. The van der Waals surface area contributed by atoms with E-state index < -0.39 is 0 Å². The number of anilines is 1. The van der Waals surface area contributed by atoms with Gasteiger partial charge in [-0.3, -0.25) is 0 Å². The molecule has 66 valence electrons. The van der Waals surface area contributed by atoms with Crippen LogP contribution in [-0.4, -0.2) is 13.4 Å². The molecule has 0 aromatic heterocycles. The molecule has 0 aliphatic heterocycles. The van der Waals surface area contributed by atoms with Crippen molar-refractivity contribution in [3.8, 4) is 0 Å². The molecule has 0 fully saturated rings. The summed E-state index contributed by atoms with van der Waals surface area (Å²) >= 11 is 1.71. The van der Waals surface area contributed by atoms with Crippen LogP contribution in [0.1, 0.15) is 5.56 Å². The Morgan fingerprint density at radius 1 is 1.50 bits per heavy atom. The van der Waals surface area contributed by atoms with E-state index in [0.717, 1.165) is 11.3 Å². The van der Waals surface area contributed by atoms with Gasteiger partial charge in [0.15, 0.2) is 0 Å². The Bertz CT molecular complexity index is 263. The van der Waals surface area contributed by atoms with Crippen molar-refractivity contribution in [2.24, 2.45) is 0 Å². The number of thioether (sulfide) groups is 1. The van der Waals surface area contributed by atoms with Crippen LogP contribution in [-0.2, 0) is 11.3 Å². The molecule has 0 aliphatic carbocycles. The van der Waals surface area contributed by atoms with Gasteiger partial charge in [-0.2, -0.15) is 0 Å². The maximum Gasteiger partial charge on any atom is 0.0733 e. The average Bonchev–Trinajstić information content (AvgIpc) is 2.09. The molecule has 0 radical (unpaired) electrons. The highest BCUT2D eigenvalue weighted by molar-refractivity contribution is 7.98. The molecule has 1 aromatic carbocycles. The van der Waals surface area contributed by atoms with Gasteiger partial charge in [-0.25, -0.2) is 0 Å². The smallest absolute Gasteiger partial charge is 0.0733 e. The second-order valence-corrected chi connectivity index (χ2v) is 3.38. The zero-order valence-electron chi connectivity index (χ0n) is 7.33. The lowest BCUT2D eigenvalue weighted by Gasteiger charge is -2.05. The highest BCUT2D eigenvalue weighted by Gasteiger charge is 1.99. The van der Waals surface area contributed by atoms with Crippen LogP contribution in [0.4, 0.5) is 5.69 Å². The Labute approximate surface area is 77.1 Å². The van der Waals surface area contributed by atoms with Crippen LogP contribution in [0.3, 0.4) is 0 Å². The van der Waals surface area contributed by atoms with E-state index in [4.69, 9.17) is 10.5 Å². The Morgan fingerprint density at radius 2 is 2.25 bits per heavy atom. The van der Waals surface area contributed by atoms with Crippen molar-refractivity contribution < 1.29 is 4.74 Å². The Kier molecular flexibility index (Phi) is 3.44. The lowest BCUT2D eigenvalue weighted by atomic mass is 10.2. The van der Waals surface area contributed by atoms with Gasteiger partial charge in [0.25, 0.3) is 0 Å². The molecule has 0 heterocycles. The fourth-order valence-corrected chi connectivity index (χ4v) is 1.45. The molecule has 0 unspecified atom stereocenters. The third-order valence-electron chi connectivity index (χ3n) is 1.65. The summed E-state index contributed by atoms with van der Waals surface area (Å²) < 4.78 is 5.02. The summed E-state index contributed by atoms with van der Waals surface area (Å²) in [4.78, 5) is 1.22. The van der Waals surface area contributed by atoms with Gasteiger partial charge in [-0.15, -0.1) is 11.8 Å². The molecule has 3 heteroatoms. The van der Waals surface area contributed by atoms with Gasteiger partial charge in [0.2, 0.25) is 0 Å². The highest BCUT2D eigenvalue weighted by atomic mass is 32.2. The second-order valence-electron chi connectivity index (χ2n) is 2.50. The molecule has 1 rings (SSSR count). The fraction of sp³-hybridized carbons (Fsp3) is 0.333. The Balaban J connectivity index is 2.91. The molecule has 0 saturated carbocycles. The third-order valence-corrected chi connectivity index (χ3v) is 2.38. The number of benzene rings is 1. The fourth-order valence-electron chi connectivity index (χ4n) is 0.990. The molecule has 2 N–H and O–H groups in total. The maximum atomic E-state index is 5.74. The standard InChI is InChI=1S/C9H13NOS/c1-11-6-7-5-8(12-2)3-4-9(7)10/h3-5H,6,10H2,1-2H3. The third kappa shape index (κ3) is 2.16. The topological polar surface area (TPSA) is 35.2 Å². The van der Waals surface area contributed by atoms with Crippen LogP contribution in [0, 0.1) is 0 Å². The van der Waals surface area contributed by atoms with Gasteiger partial charge in [0.1, 0.15) is 0 Å². The van der Waals surface area contributed by atoms with E-state index in [1.165, 1.54) is 4.90 Å². The number of nitrogen functional groups attached to an aromatic ring is 1. The lowest BCUT2D eigenvalue weighted by molar-refractivity contribution is 0.185.